The van der Waals surface area contributed by atoms with Crippen molar-refractivity contribution in [3.63, 3.8) is 0 Å². The van der Waals surface area contributed by atoms with Crippen molar-refractivity contribution < 1.29 is 14.3 Å². The van der Waals surface area contributed by atoms with Gasteiger partial charge in [0.15, 0.2) is 0 Å². The van der Waals surface area contributed by atoms with Crippen molar-refractivity contribution in [1.29, 1.82) is 0 Å². The highest BCUT2D eigenvalue weighted by atomic mass is 19.1. The molecule has 0 aromatic heterocycles. The largest absolute Gasteiger partial charge is 0.395 e. The third-order valence-electron chi connectivity index (χ3n) is 2.69. The summed E-state index contributed by atoms with van der Waals surface area (Å²) in [6.07, 6.45) is 1.21. The SMILES string of the molecule is CC(C)CCNC(=O)c1ccc(C#CCCO)cc1F. The Morgan fingerprint density at radius 2 is 2.20 bits per heavy atom. The topological polar surface area (TPSA) is 49.3 Å². The van der Waals surface area contributed by atoms with Gasteiger partial charge >= 0.3 is 0 Å². The van der Waals surface area contributed by atoms with Gasteiger partial charge in [0.05, 0.1) is 12.2 Å². The molecule has 20 heavy (non-hydrogen) atoms. The molecule has 1 rings (SSSR count). The van der Waals surface area contributed by atoms with E-state index in [2.05, 4.69) is 31.0 Å². The fraction of sp³-hybridized carbons (Fsp3) is 0.438. The van der Waals surface area contributed by atoms with E-state index < -0.39 is 11.7 Å². The number of carbonyl (C=O) groups excluding carboxylic acids is 1. The molecular weight excluding hydrogens is 257 g/mol. The Labute approximate surface area is 119 Å². The standard InChI is InChI=1S/C16H20FNO2/c1-12(2)8-9-18-16(20)14-7-6-13(11-15(14)17)5-3-4-10-19/h6-7,11-12,19H,4,8-10H2,1-2H3,(H,18,20). The molecule has 0 bridgehead atoms. The number of benzene rings is 1. The van der Waals surface area contributed by atoms with Crippen LogP contribution in [0.25, 0.3) is 0 Å². The zero-order valence-corrected chi connectivity index (χ0v) is 11.9. The van der Waals surface area contributed by atoms with Gasteiger partial charge in [-0.3, -0.25) is 4.79 Å². The molecule has 0 aliphatic carbocycles. The molecule has 0 heterocycles. The average molecular weight is 277 g/mol. The lowest BCUT2D eigenvalue weighted by Crippen LogP contribution is -2.26. The number of aliphatic hydroxyl groups is 1. The first kappa shape index (κ1) is 16.2. The third-order valence-corrected chi connectivity index (χ3v) is 2.69. The Morgan fingerprint density at radius 1 is 1.45 bits per heavy atom. The molecule has 0 saturated heterocycles. The number of amides is 1. The summed E-state index contributed by atoms with van der Waals surface area (Å²) in [5, 5.41) is 11.3. The molecule has 1 amide bonds. The van der Waals surface area contributed by atoms with E-state index in [1.165, 1.54) is 12.1 Å². The second-order valence-electron chi connectivity index (χ2n) is 4.91. The predicted octanol–water partition coefficient (Wildman–Crippen LogP) is 2.34. The minimum atomic E-state index is -0.581. The van der Waals surface area contributed by atoms with Crippen LogP contribution >= 0.6 is 0 Å². The second kappa shape index (κ2) is 8.34. The lowest BCUT2D eigenvalue weighted by Gasteiger charge is -2.08. The summed E-state index contributed by atoms with van der Waals surface area (Å²) < 4.78 is 13.8. The molecule has 0 aliphatic heterocycles. The Hall–Kier alpha value is -1.86. The maximum absolute atomic E-state index is 13.8. The molecule has 1 aromatic carbocycles. The maximum atomic E-state index is 13.8. The van der Waals surface area contributed by atoms with E-state index in [1.807, 2.05) is 0 Å². The molecule has 0 saturated carbocycles. The zero-order chi connectivity index (χ0) is 15.0. The fourth-order valence-corrected chi connectivity index (χ4v) is 1.57. The molecule has 4 heteroatoms. The van der Waals surface area contributed by atoms with Gasteiger partial charge in [-0.25, -0.2) is 4.39 Å². The summed E-state index contributed by atoms with van der Waals surface area (Å²) >= 11 is 0. The Kier molecular flexibility index (Phi) is 6.75. The number of hydrogen-bond donors (Lipinski definition) is 2. The number of hydrogen-bond acceptors (Lipinski definition) is 2. The van der Waals surface area contributed by atoms with Crippen LogP contribution in [0, 0.1) is 23.6 Å². The Morgan fingerprint density at radius 3 is 2.80 bits per heavy atom. The Bertz CT molecular complexity index is 515. The highest BCUT2D eigenvalue weighted by molar-refractivity contribution is 5.94. The summed E-state index contributed by atoms with van der Waals surface area (Å²) in [6, 6.07) is 4.27. The highest BCUT2D eigenvalue weighted by Crippen LogP contribution is 2.10. The van der Waals surface area contributed by atoms with Crippen molar-refractivity contribution >= 4 is 5.91 Å². The van der Waals surface area contributed by atoms with Gasteiger partial charge in [-0.1, -0.05) is 25.7 Å². The first-order valence-electron chi connectivity index (χ1n) is 6.72. The summed E-state index contributed by atoms with van der Waals surface area (Å²) in [6.45, 7) is 4.64. The maximum Gasteiger partial charge on any atom is 0.254 e. The van der Waals surface area contributed by atoms with Gasteiger partial charge in [-0.05, 0) is 30.5 Å². The van der Waals surface area contributed by atoms with Gasteiger partial charge < -0.3 is 10.4 Å². The predicted molar refractivity (Wildman–Crippen MR) is 76.8 cm³/mol. The van der Waals surface area contributed by atoms with E-state index in [0.29, 0.717) is 24.4 Å². The van der Waals surface area contributed by atoms with Crippen LogP contribution in [0.4, 0.5) is 4.39 Å². The quantitative estimate of drug-likeness (QED) is 0.812. The molecule has 108 valence electrons. The fourth-order valence-electron chi connectivity index (χ4n) is 1.57. The molecule has 3 nitrogen and oxygen atoms in total. The van der Waals surface area contributed by atoms with Crippen molar-refractivity contribution in [2.45, 2.75) is 26.7 Å². The van der Waals surface area contributed by atoms with Crippen LogP contribution < -0.4 is 5.32 Å². The molecule has 0 atom stereocenters. The molecule has 0 radical (unpaired) electrons. The van der Waals surface area contributed by atoms with Crippen molar-refractivity contribution in [2.24, 2.45) is 5.92 Å². The monoisotopic (exact) mass is 277 g/mol. The van der Waals surface area contributed by atoms with Crippen molar-refractivity contribution in [1.82, 2.24) is 5.32 Å². The summed E-state index contributed by atoms with van der Waals surface area (Å²) in [5.74, 6) is 4.94. The number of halogens is 1. The van der Waals surface area contributed by atoms with Crippen molar-refractivity contribution in [3.8, 4) is 11.8 Å². The normalized spacial score (nSPS) is 10.1. The summed E-state index contributed by atoms with van der Waals surface area (Å²) in [7, 11) is 0. The van der Waals surface area contributed by atoms with E-state index in [-0.39, 0.29) is 12.2 Å². The van der Waals surface area contributed by atoms with Gasteiger partial charge in [0.1, 0.15) is 5.82 Å². The van der Waals surface area contributed by atoms with Crippen LogP contribution in [0.2, 0.25) is 0 Å². The van der Waals surface area contributed by atoms with Crippen LogP contribution in [-0.4, -0.2) is 24.2 Å². The molecule has 0 unspecified atom stereocenters. The molecular formula is C16H20FNO2. The number of nitrogens with one attached hydrogen (secondary N) is 1. The van der Waals surface area contributed by atoms with Gasteiger partial charge in [0, 0.05) is 18.5 Å². The lowest BCUT2D eigenvalue weighted by molar-refractivity contribution is 0.0948. The zero-order valence-electron chi connectivity index (χ0n) is 11.9. The summed E-state index contributed by atoms with van der Waals surface area (Å²) in [4.78, 5) is 11.8. The molecule has 0 spiro atoms. The van der Waals surface area contributed by atoms with E-state index in [4.69, 9.17) is 5.11 Å². The van der Waals surface area contributed by atoms with Crippen LogP contribution in [0.1, 0.15) is 42.6 Å². The number of carbonyl (C=O) groups is 1. The van der Waals surface area contributed by atoms with Crippen LogP contribution in [-0.2, 0) is 0 Å². The van der Waals surface area contributed by atoms with Crippen LogP contribution in [0.5, 0.6) is 0 Å². The first-order valence-corrected chi connectivity index (χ1v) is 6.72. The van der Waals surface area contributed by atoms with E-state index in [1.54, 1.807) is 6.07 Å². The molecule has 0 fully saturated rings. The van der Waals surface area contributed by atoms with E-state index >= 15 is 0 Å². The van der Waals surface area contributed by atoms with Crippen LogP contribution in [0.3, 0.4) is 0 Å². The number of aliphatic hydroxyl groups excluding tert-OH is 1. The van der Waals surface area contributed by atoms with Gasteiger partial charge in [-0.15, -0.1) is 0 Å². The van der Waals surface area contributed by atoms with E-state index in [9.17, 15) is 9.18 Å². The first-order chi connectivity index (χ1) is 9.54. The Balaban J connectivity index is 2.68. The van der Waals surface area contributed by atoms with Gasteiger partial charge in [-0.2, -0.15) is 0 Å². The molecule has 1 aromatic rings. The average Bonchev–Trinajstić information content (AvgIpc) is 2.38. The van der Waals surface area contributed by atoms with Crippen molar-refractivity contribution in [2.75, 3.05) is 13.2 Å². The number of rotatable bonds is 5. The molecule has 2 N–H and O–H groups in total. The minimum absolute atomic E-state index is 0.0220. The smallest absolute Gasteiger partial charge is 0.254 e. The third kappa shape index (κ3) is 5.41. The van der Waals surface area contributed by atoms with E-state index in [0.717, 1.165) is 6.42 Å². The summed E-state index contributed by atoms with van der Waals surface area (Å²) in [5.41, 5.74) is 0.524. The molecule has 0 aliphatic rings. The van der Waals surface area contributed by atoms with Crippen molar-refractivity contribution in [3.05, 3.63) is 35.1 Å². The van der Waals surface area contributed by atoms with Crippen LogP contribution in [0.15, 0.2) is 18.2 Å². The van der Waals surface area contributed by atoms with Gasteiger partial charge in [0.25, 0.3) is 5.91 Å². The highest BCUT2D eigenvalue weighted by Gasteiger charge is 2.11. The minimum Gasteiger partial charge on any atom is -0.395 e. The second-order valence-corrected chi connectivity index (χ2v) is 4.91. The lowest BCUT2D eigenvalue weighted by atomic mass is 10.1. The van der Waals surface area contributed by atoms with Gasteiger partial charge in [0.2, 0.25) is 0 Å².